The van der Waals surface area contributed by atoms with Crippen LogP contribution in [0.4, 0.5) is 0 Å². The van der Waals surface area contributed by atoms with Crippen LogP contribution in [0.1, 0.15) is 19.0 Å². The number of ether oxygens (including phenoxy) is 1. The number of hydrogen-bond acceptors (Lipinski definition) is 4. The zero-order valence-corrected chi connectivity index (χ0v) is 13.1. The van der Waals surface area contributed by atoms with E-state index in [-0.39, 0.29) is 6.10 Å². The fraction of sp³-hybridized carbons (Fsp3) is 0.471. The molecule has 2 aromatic rings. The van der Waals surface area contributed by atoms with Crippen molar-refractivity contribution in [2.45, 2.75) is 31.6 Å². The van der Waals surface area contributed by atoms with Crippen molar-refractivity contribution in [3.8, 4) is 5.75 Å². The van der Waals surface area contributed by atoms with Gasteiger partial charge in [-0.25, -0.2) is 4.98 Å². The lowest BCUT2D eigenvalue weighted by molar-refractivity contribution is -0.0994. The SMILES string of the molecule is Cn1cnc(CN2CC[C@H](Oc3ccccc3)[C@@](C)(O)C2)c1. The van der Waals surface area contributed by atoms with Gasteiger partial charge in [-0.05, 0) is 25.5 Å². The number of hydrogen-bond donors (Lipinski definition) is 1. The lowest BCUT2D eigenvalue weighted by atomic mass is 9.91. The molecule has 0 radical (unpaired) electrons. The maximum Gasteiger partial charge on any atom is 0.129 e. The largest absolute Gasteiger partial charge is 0.487 e. The van der Waals surface area contributed by atoms with Gasteiger partial charge >= 0.3 is 0 Å². The number of aliphatic hydroxyl groups is 1. The topological polar surface area (TPSA) is 50.5 Å². The second-order valence-electron chi connectivity index (χ2n) is 6.31. The number of aromatic nitrogens is 2. The van der Waals surface area contributed by atoms with Crippen molar-refractivity contribution in [1.29, 1.82) is 0 Å². The summed E-state index contributed by atoms with van der Waals surface area (Å²) in [6.07, 6.45) is 4.43. The molecule has 0 bridgehead atoms. The summed E-state index contributed by atoms with van der Waals surface area (Å²) in [6, 6.07) is 9.70. The predicted octanol–water partition coefficient (Wildman–Crippen LogP) is 1.82. The van der Waals surface area contributed by atoms with Crippen LogP contribution in [0.15, 0.2) is 42.9 Å². The summed E-state index contributed by atoms with van der Waals surface area (Å²) in [4.78, 5) is 6.58. The molecule has 0 unspecified atom stereocenters. The van der Waals surface area contributed by atoms with Crippen LogP contribution in [0.3, 0.4) is 0 Å². The molecule has 5 nitrogen and oxygen atoms in total. The van der Waals surface area contributed by atoms with Gasteiger partial charge in [-0.2, -0.15) is 0 Å². The average Bonchev–Trinajstić information content (AvgIpc) is 2.88. The molecule has 2 atom stereocenters. The zero-order valence-electron chi connectivity index (χ0n) is 13.1. The van der Waals surface area contributed by atoms with Gasteiger partial charge in [0.25, 0.3) is 0 Å². The molecule has 0 spiro atoms. The Kier molecular flexibility index (Phi) is 4.18. The molecule has 2 heterocycles. The number of β-amino-alcohol motifs (C(OH)–C–C–N with tert-alkyl or cyclic N) is 1. The third-order valence-corrected chi connectivity index (χ3v) is 4.11. The molecule has 0 amide bonds. The van der Waals surface area contributed by atoms with Gasteiger partial charge in [0.15, 0.2) is 0 Å². The molecule has 1 saturated heterocycles. The Hall–Kier alpha value is -1.85. The van der Waals surface area contributed by atoms with E-state index in [0.29, 0.717) is 6.54 Å². The summed E-state index contributed by atoms with van der Waals surface area (Å²) in [5.74, 6) is 0.811. The summed E-state index contributed by atoms with van der Waals surface area (Å²) in [5, 5.41) is 10.8. The third kappa shape index (κ3) is 3.48. The first-order chi connectivity index (χ1) is 10.5. The number of imidazole rings is 1. The van der Waals surface area contributed by atoms with E-state index in [4.69, 9.17) is 4.74 Å². The first-order valence-corrected chi connectivity index (χ1v) is 7.66. The number of aryl methyl sites for hydroxylation is 1. The van der Waals surface area contributed by atoms with Crippen LogP contribution in [0.5, 0.6) is 5.75 Å². The fourth-order valence-electron chi connectivity index (χ4n) is 3.01. The molecule has 1 aromatic heterocycles. The van der Waals surface area contributed by atoms with E-state index >= 15 is 0 Å². The van der Waals surface area contributed by atoms with E-state index < -0.39 is 5.60 Å². The molecule has 1 aliphatic heterocycles. The van der Waals surface area contributed by atoms with E-state index in [1.165, 1.54) is 0 Å². The molecule has 0 aliphatic carbocycles. The van der Waals surface area contributed by atoms with Crippen molar-refractivity contribution in [3.63, 3.8) is 0 Å². The third-order valence-electron chi connectivity index (χ3n) is 4.11. The summed E-state index contributed by atoms with van der Waals surface area (Å²) < 4.78 is 7.92. The predicted molar refractivity (Wildman–Crippen MR) is 84.6 cm³/mol. The number of rotatable bonds is 4. The highest BCUT2D eigenvalue weighted by molar-refractivity contribution is 5.22. The Morgan fingerprint density at radius 1 is 1.36 bits per heavy atom. The highest BCUT2D eigenvalue weighted by atomic mass is 16.5. The van der Waals surface area contributed by atoms with Gasteiger partial charge in [-0.15, -0.1) is 0 Å². The van der Waals surface area contributed by atoms with E-state index in [9.17, 15) is 5.11 Å². The lowest BCUT2D eigenvalue weighted by Gasteiger charge is -2.42. The smallest absolute Gasteiger partial charge is 0.129 e. The van der Waals surface area contributed by atoms with Gasteiger partial charge in [0.2, 0.25) is 0 Å². The molecule has 0 saturated carbocycles. The van der Waals surface area contributed by atoms with Crippen molar-refractivity contribution in [2.24, 2.45) is 7.05 Å². The minimum atomic E-state index is -0.872. The van der Waals surface area contributed by atoms with Crippen LogP contribution >= 0.6 is 0 Å². The molecule has 1 aromatic carbocycles. The summed E-state index contributed by atoms with van der Waals surface area (Å²) in [7, 11) is 1.96. The van der Waals surface area contributed by atoms with Crippen LogP contribution in [0, 0.1) is 0 Å². The zero-order chi connectivity index (χ0) is 15.6. The van der Waals surface area contributed by atoms with Crippen LogP contribution < -0.4 is 4.74 Å². The fourth-order valence-corrected chi connectivity index (χ4v) is 3.01. The minimum Gasteiger partial charge on any atom is -0.487 e. The molecule has 1 aliphatic rings. The van der Waals surface area contributed by atoms with Gasteiger partial charge in [-0.3, -0.25) is 4.90 Å². The Bertz CT molecular complexity index is 609. The van der Waals surface area contributed by atoms with Crippen molar-refractivity contribution in [1.82, 2.24) is 14.5 Å². The maximum atomic E-state index is 10.8. The normalized spacial score (nSPS) is 26.0. The lowest BCUT2D eigenvalue weighted by Crippen LogP contribution is -2.56. The number of para-hydroxylation sites is 1. The van der Waals surface area contributed by atoms with Crippen LogP contribution in [0.2, 0.25) is 0 Å². The highest BCUT2D eigenvalue weighted by Gasteiger charge is 2.39. The first kappa shape index (κ1) is 15.1. The number of nitrogens with zero attached hydrogens (tertiary/aromatic N) is 3. The van der Waals surface area contributed by atoms with Crippen LogP contribution in [-0.4, -0.2) is 44.4 Å². The highest BCUT2D eigenvalue weighted by Crippen LogP contribution is 2.27. The summed E-state index contributed by atoms with van der Waals surface area (Å²) >= 11 is 0. The molecular formula is C17H23N3O2. The van der Waals surface area contributed by atoms with Crippen LogP contribution in [0.25, 0.3) is 0 Å². The van der Waals surface area contributed by atoms with E-state index in [1.807, 2.05) is 55.1 Å². The van der Waals surface area contributed by atoms with Crippen molar-refractivity contribution in [3.05, 3.63) is 48.5 Å². The Balaban J connectivity index is 1.61. The summed E-state index contributed by atoms with van der Waals surface area (Å²) in [5.41, 5.74) is 0.156. The second kappa shape index (κ2) is 6.10. The standard InChI is InChI=1S/C17H23N3O2/c1-17(21)12-20(11-14-10-19(2)13-18-14)9-8-16(17)22-15-6-4-3-5-7-15/h3-7,10,13,16,21H,8-9,11-12H2,1-2H3/t16-,17-/m0/s1. The molecule has 1 fully saturated rings. The van der Waals surface area contributed by atoms with E-state index in [0.717, 1.165) is 31.0 Å². The Labute approximate surface area is 131 Å². The second-order valence-corrected chi connectivity index (χ2v) is 6.31. The molecule has 118 valence electrons. The number of piperidine rings is 1. The van der Waals surface area contributed by atoms with Gasteiger partial charge < -0.3 is 14.4 Å². The van der Waals surface area contributed by atoms with Gasteiger partial charge in [0.1, 0.15) is 17.5 Å². The first-order valence-electron chi connectivity index (χ1n) is 7.66. The van der Waals surface area contributed by atoms with Gasteiger partial charge in [0, 0.05) is 32.9 Å². The minimum absolute atomic E-state index is 0.185. The quantitative estimate of drug-likeness (QED) is 0.936. The number of likely N-dealkylation sites (tertiary alicyclic amines) is 1. The molecular weight excluding hydrogens is 278 g/mol. The van der Waals surface area contributed by atoms with Crippen LogP contribution in [-0.2, 0) is 13.6 Å². The van der Waals surface area contributed by atoms with Crippen molar-refractivity contribution >= 4 is 0 Å². The van der Waals surface area contributed by atoms with Crippen molar-refractivity contribution in [2.75, 3.05) is 13.1 Å². The molecule has 5 heteroatoms. The molecule has 22 heavy (non-hydrogen) atoms. The monoisotopic (exact) mass is 301 g/mol. The Morgan fingerprint density at radius 2 is 2.14 bits per heavy atom. The Morgan fingerprint density at radius 3 is 2.77 bits per heavy atom. The van der Waals surface area contributed by atoms with E-state index in [2.05, 4.69) is 9.88 Å². The average molecular weight is 301 g/mol. The summed E-state index contributed by atoms with van der Waals surface area (Å²) in [6.45, 7) is 4.09. The molecule has 3 rings (SSSR count). The molecule has 1 N–H and O–H groups in total. The maximum absolute atomic E-state index is 10.8. The van der Waals surface area contributed by atoms with Gasteiger partial charge in [-0.1, -0.05) is 18.2 Å². The van der Waals surface area contributed by atoms with Gasteiger partial charge in [0.05, 0.1) is 12.0 Å². The van der Waals surface area contributed by atoms with Crippen molar-refractivity contribution < 1.29 is 9.84 Å². The number of benzene rings is 1. The van der Waals surface area contributed by atoms with E-state index in [1.54, 1.807) is 6.33 Å².